The minimum Gasteiger partial charge on any atom is -0.393 e. The van der Waals surface area contributed by atoms with Crippen LogP contribution in [0.1, 0.15) is 73.6 Å². The average Bonchev–Trinajstić information content (AvgIpc) is 1.97. The van der Waals surface area contributed by atoms with Crippen molar-refractivity contribution in [3.63, 3.8) is 0 Å². The van der Waals surface area contributed by atoms with E-state index in [0.717, 1.165) is 25.7 Å². The first-order chi connectivity index (χ1) is 6.60. The monoisotopic (exact) mass is 214 g/mol. The van der Waals surface area contributed by atoms with Crippen molar-refractivity contribution in [2.75, 3.05) is 0 Å². The van der Waals surface area contributed by atoms with E-state index in [1.165, 1.54) is 6.42 Å². The number of aliphatic hydroxyl groups is 1. The second-order valence-electron chi connectivity index (χ2n) is 7.21. The third-order valence-electron chi connectivity index (χ3n) is 2.69. The number of hydrogen-bond acceptors (Lipinski definition) is 1. The predicted octanol–water partition coefficient (Wildman–Crippen LogP) is 4.39. The standard InChI is InChI=1S/C14H30O/c1-13(2,3)10-7-8-12(15)9-11-14(4,5)6/h12,15H,7-11H2,1-6H3/t12-/m0/s1. The maximum Gasteiger partial charge on any atom is 0.0540 e. The molecule has 0 aliphatic rings. The Labute approximate surface area is 96.3 Å². The minimum absolute atomic E-state index is 0.0911. The van der Waals surface area contributed by atoms with Gasteiger partial charge < -0.3 is 5.11 Å². The molecule has 92 valence electrons. The molecule has 0 aromatic heterocycles. The molecule has 0 radical (unpaired) electrons. The van der Waals surface area contributed by atoms with Crippen LogP contribution >= 0.6 is 0 Å². The zero-order valence-electron chi connectivity index (χ0n) is 11.6. The lowest BCUT2D eigenvalue weighted by molar-refractivity contribution is 0.130. The molecule has 1 nitrogen and oxygen atoms in total. The molecule has 0 aromatic rings. The molecule has 15 heavy (non-hydrogen) atoms. The lowest BCUT2D eigenvalue weighted by Gasteiger charge is -2.22. The van der Waals surface area contributed by atoms with Crippen LogP contribution < -0.4 is 0 Å². The lowest BCUT2D eigenvalue weighted by Crippen LogP contribution is -2.14. The largest absolute Gasteiger partial charge is 0.393 e. The summed E-state index contributed by atoms with van der Waals surface area (Å²) in [5.41, 5.74) is 0.759. The molecular weight excluding hydrogens is 184 g/mol. The SMILES string of the molecule is CC(C)(C)CCC[C@H](O)CCC(C)(C)C. The summed E-state index contributed by atoms with van der Waals surface area (Å²) >= 11 is 0. The Morgan fingerprint density at radius 1 is 0.800 bits per heavy atom. The van der Waals surface area contributed by atoms with Crippen LogP contribution in [-0.4, -0.2) is 11.2 Å². The molecule has 0 rings (SSSR count). The van der Waals surface area contributed by atoms with Crippen LogP contribution in [0.5, 0.6) is 0 Å². The molecule has 0 saturated heterocycles. The second-order valence-corrected chi connectivity index (χ2v) is 7.21. The zero-order chi connectivity index (χ0) is 12.1. The highest BCUT2D eigenvalue weighted by molar-refractivity contribution is 4.67. The first-order valence-corrected chi connectivity index (χ1v) is 6.28. The molecule has 0 amide bonds. The first-order valence-electron chi connectivity index (χ1n) is 6.28. The Morgan fingerprint density at radius 2 is 1.27 bits per heavy atom. The van der Waals surface area contributed by atoms with Gasteiger partial charge in [-0.1, -0.05) is 48.0 Å². The molecule has 0 bridgehead atoms. The minimum atomic E-state index is -0.0911. The van der Waals surface area contributed by atoms with E-state index < -0.39 is 0 Å². The normalized spacial score (nSPS) is 15.4. The number of rotatable bonds is 5. The van der Waals surface area contributed by atoms with Crippen molar-refractivity contribution in [3.05, 3.63) is 0 Å². The summed E-state index contributed by atoms with van der Waals surface area (Å²) in [6.45, 7) is 13.5. The summed E-state index contributed by atoms with van der Waals surface area (Å²) in [6.07, 6.45) is 5.30. The van der Waals surface area contributed by atoms with Gasteiger partial charge in [0.2, 0.25) is 0 Å². The zero-order valence-corrected chi connectivity index (χ0v) is 11.6. The van der Waals surface area contributed by atoms with Gasteiger partial charge in [-0.15, -0.1) is 0 Å². The van der Waals surface area contributed by atoms with Crippen LogP contribution in [0.15, 0.2) is 0 Å². The van der Waals surface area contributed by atoms with Gasteiger partial charge in [0, 0.05) is 0 Å². The van der Waals surface area contributed by atoms with E-state index in [0.29, 0.717) is 10.8 Å². The van der Waals surface area contributed by atoms with Crippen molar-refractivity contribution in [1.82, 2.24) is 0 Å². The van der Waals surface area contributed by atoms with E-state index in [2.05, 4.69) is 41.5 Å². The Bertz CT molecular complexity index is 159. The summed E-state index contributed by atoms with van der Waals surface area (Å²) in [5, 5.41) is 9.81. The molecule has 1 N–H and O–H groups in total. The number of hydrogen-bond donors (Lipinski definition) is 1. The van der Waals surface area contributed by atoms with Gasteiger partial charge in [0.25, 0.3) is 0 Å². The molecule has 0 spiro atoms. The van der Waals surface area contributed by atoms with Gasteiger partial charge in [-0.25, -0.2) is 0 Å². The van der Waals surface area contributed by atoms with E-state index in [1.807, 2.05) is 0 Å². The summed E-state index contributed by atoms with van der Waals surface area (Å²) in [7, 11) is 0. The smallest absolute Gasteiger partial charge is 0.0540 e. The van der Waals surface area contributed by atoms with Crippen LogP contribution in [0.4, 0.5) is 0 Å². The molecule has 0 saturated carbocycles. The van der Waals surface area contributed by atoms with E-state index >= 15 is 0 Å². The number of aliphatic hydroxyl groups excluding tert-OH is 1. The topological polar surface area (TPSA) is 20.2 Å². The fraction of sp³-hybridized carbons (Fsp3) is 1.00. The van der Waals surface area contributed by atoms with Crippen LogP contribution in [0, 0.1) is 10.8 Å². The van der Waals surface area contributed by atoms with Crippen LogP contribution in [0.3, 0.4) is 0 Å². The molecule has 0 unspecified atom stereocenters. The van der Waals surface area contributed by atoms with E-state index in [1.54, 1.807) is 0 Å². The van der Waals surface area contributed by atoms with Gasteiger partial charge in [-0.05, 0) is 36.5 Å². The third-order valence-corrected chi connectivity index (χ3v) is 2.69. The van der Waals surface area contributed by atoms with Crippen molar-refractivity contribution in [2.24, 2.45) is 10.8 Å². The molecule has 0 heterocycles. The third kappa shape index (κ3) is 11.9. The van der Waals surface area contributed by atoms with Crippen molar-refractivity contribution in [3.8, 4) is 0 Å². The van der Waals surface area contributed by atoms with Crippen molar-refractivity contribution in [1.29, 1.82) is 0 Å². The maximum atomic E-state index is 9.81. The van der Waals surface area contributed by atoms with E-state index in [4.69, 9.17) is 0 Å². The van der Waals surface area contributed by atoms with Gasteiger partial charge >= 0.3 is 0 Å². The Morgan fingerprint density at radius 3 is 1.67 bits per heavy atom. The van der Waals surface area contributed by atoms with Crippen LogP contribution in [0.25, 0.3) is 0 Å². The van der Waals surface area contributed by atoms with Crippen molar-refractivity contribution >= 4 is 0 Å². The summed E-state index contributed by atoms with van der Waals surface area (Å²) in [4.78, 5) is 0. The molecule has 0 aliphatic heterocycles. The lowest BCUT2D eigenvalue weighted by atomic mass is 9.86. The molecule has 0 aliphatic carbocycles. The Hall–Kier alpha value is -0.0400. The maximum absolute atomic E-state index is 9.81. The molecule has 1 atom stereocenters. The van der Waals surface area contributed by atoms with Crippen LogP contribution in [-0.2, 0) is 0 Å². The fourth-order valence-corrected chi connectivity index (χ4v) is 1.61. The van der Waals surface area contributed by atoms with Crippen molar-refractivity contribution < 1.29 is 5.11 Å². The van der Waals surface area contributed by atoms with Gasteiger partial charge in [0.05, 0.1) is 6.10 Å². The Kier molecular flexibility index (Phi) is 5.87. The molecule has 0 fully saturated rings. The summed E-state index contributed by atoms with van der Waals surface area (Å²) in [5.74, 6) is 0. The average molecular weight is 214 g/mol. The van der Waals surface area contributed by atoms with Gasteiger partial charge in [-0.2, -0.15) is 0 Å². The molecule has 0 aromatic carbocycles. The van der Waals surface area contributed by atoms with Crippen molar-refractivity contribution in [2.45, 2.75) is 79.8 Å². The van der Waals surface area contributed by atoms with Gasteiger partial charge in [-0.3, -0.25) is 0 Å². The van der Waals surface area contributed by atoms with E-state index in [9.17, 15) is 5.11 Å². The molecular formula is C14H30O. The van der Waals surface area contributed by atoms with Crippen LogP contribution in [0.2, 0.25) is 0 Å². The fourth-order valence-electron chi connectivity index (χ4n) is 1.61. The van der Waals surface area contributed by atoms with Gasteiger partial charge in [0.15, 0.2) is 0 Å². The highest BCUT2D eigenvalue weighted by Crippen LogP contribution is 2.25. The Balaban J connectivity index is 3.54. The van der Waals surface area contributed by atoms with E-state index in [-0.39, 0.29) is 6.10 Å². The first kappa shape index (κ1) is 15.0. The quantitative estimate of drug-likeness (QED) is 0.719. The molecule has 1 heteroatoms. The predicted molar refractivity (Wildman–Crippen MR) is 68.0 cm³/mol. The highest BCUT2D eigenvalue weighted by atomic mass is 16.3. The summed E-state index contributed by atoms with van der Waals surface area (Å²) < 4.78 is 0. The second kappa shape index (κ2) is 5.89. The van der Waals surface area contributed by atoms with Gasteiger partial charge in [0.1, 0.15) is 0 Å². The summed E-state index contributed by atoms with van der Waals surface area (Å²) in [6, 6.07) is 0. The highest BCUT2D eigenvalue weighted by Gasteiger charge is 2.15.